The van der Waals surface area contributed by atoms with Crippen LogP contribution in [0, 0.1) is 6.92 Å². The summed E-state index contributed by atoms with van der Waals surface area (Å²) >= 11 is 0. The molecular weight excluding hydrogens is 244 g/mol. The third kappa shape index (κ3) is 3.81. The van der Waals surface area contributed by atoms with Crippen LogP contribution in [0.4, 0.5) is 0 Å². The largest absolute Gasteiger partial charge is 0.478 e. The van der Waals surface area contributed by atoms with Crippen molar-refractivity contribution in [3.8, 4) is 0 Å². The predicted molar refractivity (Wildman–Crippen MR) is 72.4 cm³/mol. The smallest absolute Gasteiger partial charge is 0.339 e. The first-order valence-corrected chi connectivity index (χ1v) is 6.84. The molecule has 0 saturated carbocycles. The van der Waals surface area contributed by atoms with Gasteiger partial charge in [0.15, 0.2) is 0 Å². The van der Waals surface area contributed by atoms with Crippen molar-refractivity contribution in [1.82, 2.24) is 10.2 Å². The topological polar surface area (TPSA) is 65.7 Å². The number of likely N-dealkylation sites (tertiary alicyclic amines) is 1. The molecule has 5 nitrogen and oxygen atoms in total. The van der Waals surface area contributed by atoms with Crippen LogP contribution in [0.2, 0.25) is 0 Å². The highest BCUT2D eigenvalue weighted by atomic mass is 16.4. The molecule has 1 aliphatic rings. The fourth-order valence-corrected chi connectivity index (χ4v) is 2.54. The summed E-state index contributed by atoms with van der Waals surface area (Å²) < 4.78 is 5.44. The average Bonchev–Trinajstić information content (AvgIpc) is 2.96. The standard InChI is InChI=1S/C14H22N2O3/c1-10(9-16-5-3-4-6-16)15-8-12-7-13(14(17)18)11(2)19-12/h7,10,15H,3-6,8-9H2,1-2H3,(H,17,18). The van der Waals surface area contributed by atoms with Gasteiger partial charge in [0.25, 0.3) is 0 Å². The molecule has 0 aliphatic carbocycles. The molecule has 106 valence electrons. The molecule has 1 aromatic heterocycles. The van der Waals surface area contributed by atoms with Crippen LogP contribution in [0.3, 0.4) is 0 Å². The van der Waals surface area contributed by atoms with E-state index < -0.39 is 5.97 Å². The van der Waals surface area contributed by atoms with Crippen molar-refractivity contribution in [2.75, 3.05) is 19.6 Å². The minimum atomic E-state index is -0.933. The first-order chi connectivity index (χ1) is 9.06. The van der Waals surface area contributed by atoms with Crippen molar-refractivity contribution in [3.05, 3.63) is 23.2 Å². The quantitative estimate of drug-likeness (QED) is 0.822. The summed E-state index contributed by atoms with van der Waals surface area (Å²) in [6.07, 6.45) is 2.60. The van der Waals surface area contributed by atoms with Crippen molar-refractivity contribution >= 4 is 5.97 Å². The van der Waals surface area contributed by atoms with Gasteiger partial charge in [0, 0.05) is 12.6 Å². The van der Waals surface area contributed by atoms with E-state index in [-0.39, 0.29) is 5.56 Å². The minimum Gasteiger partial charge on any atom is -0.478 e. The summed E-state index contributed by atoms with van der Waals surface area (Å²) in [4.78, 5) is 13.4. The molecule has 1 aliphatic heterocycles. The summed E-state index contributed by atoms with van der Waals surface area (Å²) in [7, 11) is 0. The number of aromatic carboxylic acids is 1. The molecule has 1 unspecified atom stereocenters. The Bertz CT molecular complexity index is 436. The lowest BCUT2D eigenvalue weighted by Gasteiger charge is -2.20. The number of nitrogens with zero attached hydrogens (tertiary/aromatic N) is 1. The van der Waals surface area contributed by atoms with Crippen LogP contribution in [-0.2, 0) is 6.54 Å². The number of carboxylic acids is 1. The van der Waals surface area contributed by atoms with Gasteiger partial charge in [0.1, 0.15) is 17.1 Å². The zero-order valence-corrected chi connectivity index (χ0v) is 11.6. The van der Waals surface area contributed by atoms with Crippen LogP contribution in [0.25, 0.3) is 0 Å². The van der Waals surface area contributed by atoms with E-state index in [9.17, 15) is 4.79 Å². The molecule has 2 heterocycles. The highest BCUT2D eigenvalue weighted by molar-refractivity contribution is 5.88. The molecule has 0 bridgehead atoms. The van der Waals surface area contributed by atoms with Gasteiger partial charge in [-0.05, 0) is 45.8 Å². The summed E-state index contributed by atoms with van der Waals surface area (Å²) in [5.41, 5.74) is 0.254. The van der Waals surface area contributed by atoms with Crippen LogP contribution in [0.5, 0.6) is 0 Å². The maximum Gasteiger partial charge on any atom is 0.339 e. The number of carbonyl (C=O) groups is 1. The third-order valence-corrected chi connectivity index (χ3v) is 3.55. The molecule has 2 N–H and O–H groups in total. The van der Waals surface area contributed by atoms with Crippen LogP contribution >= 0.6 is 0 Å². The Morgan fingerprint density at radius 2 is 2.21 bits per heavy atom. The zero-order chi connectivity index (χ0) is 13.8. The fraction of sp³-hybridized carbons (Fsp3) is 0.643. The number of aryl methyl sites for hydroxylation is 1. The lowest BCUT2D eigenvalue weighted by atomic mass is 10.2. The molecule has 0 amide bonds. The van der Waals surface area contributed by atoms with Gasteiger partial charge in [-0.25, -0.2) is 4.79 Å². The maximum absolute atomic E-state index is 10.9. The fourth-order valence-electron chi connectivity index (χ4n) is 2.54. The number of nitrogens with one attached hydrogen (secondary N) is 1. The predicted octanol–water partition coefficient (Wildman–Crippen LogP) is 1.86. The van der Waals surface area contributed by atoms with Gasteiger partial charge in [0.05, 0.1) is 6.54 Å². The summed E-state index contributed by atoms with van der Waals surface area (Å²) in [6, 6.07) is 1.98. The molecule has 5 heteroatoms. The van der Waals surface area contributed by atoms with Crippen LogP contribution in [-0.4, -0.2) is 41.7 Å². The Balaban J connectivity index is 1.81. The Labute approximate surface area is 113 Å². The van der Waals surface area contributed by atoms with E-state index in [1.807, 2.05) is 0 Å². The summed E-state index contributed by atoms with van der Waals surface area (Å²) in [5, 5.41) is 12.3. The van der Waals surface area contributed by atoms with Gasteiger partial charge >= 0.3 is 5.97 Å². The summed E-state index contributed by atoms with van der Waals surface area (Å²) in [5.74, 6) is 0.220. The van der Waals surface area contributed by atoms with E-state index in [4.69, 9.17) is 9.52 Å². The number of hydrogen-bond donors (Lipinski definition) is 2. The van der Waals surface area contributed by atoms with E-state index in [1.54, 1.807) is 13.0 Å². The molecule has 0 aromatic carbocycles. The molecular formula is C14H22N2O3. The number of furan rings is 1. The molecule has 1 saturated heterocycles. The number of carboxylic acid groups (broad SMARTS) is 1. The van der Waals surface area contributed by atoms with E-state index >= 15 is 0 Å². The highest BCUT2D eigenvalue weighted by Gasteiger charge is 2.16. The van der Waals surface area contributed by atoms with Gasteiger partial charge in [-0.3, -0.25) is 0 Å². The van der Waals surface area contributed by atoms with Gasteiger partial charge in [-0.15, -0.1) is 0 Å². The molecule has 0 spiro atoms. The van der Waals surface area contributed by atoms with Crippen molar-refractivity contribution in [2.45, 2.75) is 39.3 Å². The number of rotatable bonds is 6. The molecule has 1 aromatic rings. The third-order valence-electron chi connectivity index (χ3n) is 3.55. The van der Waals surface area contributed by atoms with Crippen molar-refractivity contribution in [2.24, 2.45) is 0 Å². The van der Waals surface area contributed by atoms with Crippen molar-refractivity contribution in [1.29, 1.82) is 0 Å². The molecule has 1 atom stereocenters. The van der Waals surface area contributed by atoms with E-state index in [0.717, 1.165) is 6.54 Å². The molecule has 0 radical (unpaired) electrons. The minimum absolute atomic E-state index is 0.254. The molecule has 2 rings (SSSR count). The average molecular weight is 266 g/mol. The number of hydrogen-bond acceptors (Lipinski definition) is 4. The van der Waals surface area contributed by atoms with E-state index in [1.165, 1.54) is 25.9 Å². The van der Waals surface area contributed by atoms with Gasteiger partial charge in [-0.2, -0.15) is 0 Å². The molecule has 1 fully saturated rings. The van der Waals surface area contributed by atoms with Gasteiger partial charge in [0.2, 0.25) is 0 Å². The van der Waals surface area contributed by atoms with Crippen molar-refractivity contribution in [3.63, 3.8) is 0 Å². The Hall–Kier alpha value is -1.33. The van der Waals surface area contributed by atoms with Gasteiger partial charge in [-0.1, -0.05) is 0 Å². The van der Waals surface area contributed by atoms with Crippen LogP contribution in [0.15, 0.2) is 10.5 Å². The van der Waals surface area contributed by atoms with Gasteiger partial charge < -0.3 is 19.7 Å². The Morgan fingerprint density at radius 1 is 1.53 bits per heavy atom. The lowest BCUT2D eigenvalue weighted by Crippen LogP contribution is -2.37. The van der Waals surface area contributed by atoms with Crippen molar-refractivity contribution < 1.29 is 14.3 Å². The Kier molecular flexibility index (Phi) is 4.61. The van der Waals surface area contributed by atoms with Crippen LogP contribution < -0.4 is 5.32 Å². The lowest BCUT2D eigenvalue weighted by molar-refractivity contribution is 0.0695. The maximum atomic E-state index is 10.9. The monoisotopic (exact) mass is 266 g/mol. The van der Waals surface area contributed by atoms with Crippen LogP contribution in [0.1, 0.15) is 41.6 Å². The molecule has 19 heavy (non-hydrogen) atoms. The summed E-state index contributed by atoms with van der Waals surface area (Å²) in [6.45, 7) is 7.81. The zero-order valence-electron chi connectivity index (χ0n) is 11.6. The highest BCUT2D eigenvalue weighted by Crippen LogP contribution is 2.14. The first-order valence-electron chi connectivity index (χ1n) is 6.84. The Morgan fingerprint density at radius 3 is 2.79 bits per heavy atom. The first kappa shape index (κ1) is 14.1. The second-order valence-corrected chi connectivity index (χ2v) is 5.28. The van der Waals surface area contributed by atoms with E-state index in [2.05, 4.69) is 17.1 Å². The van der Waals surface area contributed by atoms with E-state index in [0.29, 0.717) is 24.1 Å². The normalized spacial score (nSPS) is 17.8. The second kappa shape index (κ2) is 6.21. The SMILES string of the molecule is Cc1oc(CNC(C)CN2CCCC2)cc1C(=O)O. The second-order valence-electron chi connectivity index (χ2n) is 5.28.